The molecule has 1 saturated carbocycles. The summed E-state index contributed by atoms with van der Waals surface area (Å²) in [7, 11) is 0. The Morgan fingerprint density at radius 1 is 1.61 bits per heavy atom. The van der Waals surface area contributed by atoms with Crippen molar-refractivity contribution >= 4 is 23.3 Å². The molecule has 0 bridgehead atoms. The van der Waals surface area contributed by atoms with Crippen molar-refractivity contribution in [2.75, 3.05) is 0 Å². The van der Waals surface area contributed by atoms with Gasteiger partial charge in [0.25, 0.3) is 0 Å². The van der Waals surface area contributed by atoms with Crippen molar-refractivity contribution in [2.24, 2.45) is 10.7 Å². The third kappa shape index (κ3) is 3.96. The van der Waals surface area contributed by atoms with E-state index in [1.165, 1.54) is 12.8 Å². The average molecular weight is 263 g/mol. The standard InChI is InChI=1S/C12H17N5S/c1-8-3-2-6-14-10(8)7-15-12(17-11(13)18)16-9-4-5-9/h2-3,6,9H,4-5,7H2,1H3,(H4,13,15,16,17,18). The Hall–Kier alpha value is -1.69. The van der Waals surface area contributed by atoms with E-state index in [-0.39, 0.29) is 5.11 Å². The number of guanidine groups is 1. The molecule has 0 aromatic carbocycles. The van der Waals surface area contributed by atoms with Crippen molar-refractivity contribution in [3.8, 4) is 0 Å². The number of nitrogens with zero attached hydrogens (tertiary/aromatic N) is 2. The van der Waals surface area contributed by atoms with E-state index in [0.29, 0.717) is 18.5 Å². The van der Waals surface area contributed by atoms with E-state index in [9.17, 15) is 0 Å². The first-order chi connectivity index (χ1) is 8.65. The Labute approximate surface area is 112 Å². The first-order valence-electron chi connectivity index (χ1n) is 5.93. The van der Waals surface area contributed by atoms with Crippen LogP contribution in [0.25, 0.3) is 0 Å². The second-order valence-corrected chi connectivity index (χ2v) is 4.78. The fraction of sp³-hybridized carbons (Fsp3) is 0.417. The number of hydrogen-bond acceptors (Lipinski definition) is 3. The summed E-state index contributed by atoms with van der Waals surface area (Å²) in [4.78, 5) is 8.74. The highest BCUT2D eigenvalue weighted by molar-refractivity contribution is 7.80. The van der Waals surface area contributed by atoms with Crippen molar-refractivity contribution in [1.29, 1.82) is 0 Å². The van der Waals surface area contributed by atoms with Gasteiger partial charge in [0.05, 0.1) is 12.2 Å². The zero-order chi connectivity index (χ0) is 13.0. The van der Waals surface area contributed by atoms with E-state index in [1.54, 1.807) is 6.20 Å². The van der Waals surface area contributed by atoms with Crippen LogP contribution in [0.3, 0.4) is 0 Å². The zero-order valence-corrected chi connectivity index (χ0v) is 11.1. The molecule has 2 rings (SSSR count). The lowest BCUT2D eigenvalue weighted by molar-refractivity contribution is 0.854. The Balaban J connectivity index is 2.02. The molecule has 0 radical (unpaired) electrons. The second kappa shape index (κ2) is 5.77. The molecule has 0 saturated heterocycles. The molecule has 1 fully saturated rings. The third-order valence-electron chi connectivity index (χ3n) is 2.66. The molecule has 4 N–H and O–H groups in total. The van der Waals surface area contributed by atoms with Crippen LogP contribution in [0.15, 0.2) is 23.3 Å². The number of aliphatic imine (C=N–C) groups is 1. The van der Waals surface area contributed by atoms with Crippen LogP contribution in [-0.4, -0.2) is 22.1 Å². The lowest BCUT2D eigenvalue weighted by Gasteiger charge is -2.10. The second-order valence-electron chi connectivity index (χ2n) is 4.34. The van der Waals surface area contributed by atoms with Gasteiger partial charge < -0.3 is 16.4 Å². The predicted molar refractivity (Wildman–Crippen MR) is 76.2 cm³/mol. The van der Waals surface area contributed by atoms with E-state index < -0.39 is 0 Å². The highest BCUT2D eigenvalue weighted by Crippen LogP contribution is 2.18. The summed E-state index contributed by atoms with van der Waals surface area (Å²) < 4.78 is 0. The van der Waals surface area contributed by atoms with Crippen LogP contribution in [0.4, 0.5) is 0 Å². The molecule has 96 valence electrons. The number of rotatable bonds is 3. The summed E-state index contributed by atoms with van der Waals surface area (Å²) in [6.07, 6.45) is 4.11. The molecule has 6 heteroatoms. The number of thiocarbonyl (C=S) groups is 1. The molecule has 0 amide bonds. The number of nitrogens with one attached hydrogen (secondary N) is 2. The molecule has 1 aliphatic carbocycles. The van der Waals surface area contributed by atoms with Gasteiger partial charge in [-0.15, -0.1) is 0 Å². The van der Waals surface area contributed by atoms with Crippen LogP contribution in [0, 0.1) is 6.92 Å². The van der Waals surface area contributed by atoms with Gasteiger partial charge in [-0.1, -0.05) is 6.07 Å². The van der Waals surface area contributed by atoms with E-state index >= 15 is 0 Å². The number of nitrogens with two attached hydrogens (primary N) is 1. The molecular formula is C12H17N5S. The van der Waals surface area contributed by atoms with Crippen molar-refractivity contribution in [2.45, 2.75) is 32.4 Å². The molecule has 0 spiro atoms. The van der Waals surface area contributed by atoms with E-state index in [1.807, 2.05) is 19.1 Å². The first kappa shape index (κ1) is 12.8. The highest BCUT2D eigenvalue weighted by atomic mass is 32.1. The van der Waals surface area contributed by atoms with Crippen LogP contribution >= 0.6 is 12.2 Å². The summed E-state index contributed by atoms with van der Waals surface area (Å²) in [6, 6.07) is 4.43. The van der Waals surface area contributed by atoms with Gasteiger partial charge in [0.15, 0.2) is 11.1 Å². The minimum absolute atomic E-state index is 0.222. The number of aromatic nitrogens is 1. The summed E-state index contributed by atoms with van der Waals surface area (Å²) in [6.45, 7) is 2.53. The Kier molecular flexibility index (Phi) is 4.09. The quantitative estimate of drug-likeness (QED) is 0.428. The van der Waals surface area contributed by atoms with Gasteiger partial charge >= 0.3 is 0 Å². The summed E-state index contributed by atoms with van der Waals surface area (Å²) in [5.41, 5.74) is 7.56. The third-order valence-corrected chi connectivity index (χ3v) is 2.77. The van der Waals surface area contributed by atoms with Crippen molar-refractivity contribution in [3.05, 3.63) is 29.6 Å². The molecule has 1 heterocycles. The van der Waals surface area contributed by atoms with Crippen molar-refractivity contribution < 1.29 is 0 Å². The number of pyridine rings is 1. The van der Waals surface area contributed by atoms with E-state index in [0.717, 1.165) is 11.3 Å². The average Bonchev–Trinajstić information content (AvgIpc) is 3.11. The van der Waals surface area contributed by atoms with E-state index in [2.05, 4.69) is 20.6 Å². The van der Waals surface area contributed by atoms with Crippen LogP contribution in [0.2, 0.25) is 0 Å². The normalized spacial score (nSPS) is 15.3. The van der Waals surface area contributed by atoms with Crippen molar-refractivity contribution in [1.82, 2.24) is 15.6 Å². The maximum absolute atomic E-state index is 5.47. The zero-order valence-electron chi connectivity index (χ0n) is 10.3. The molecule has 1 aromatic heterocycles. The predicted octanol–water partition coefficient (Wildman–Crippen LogP) is 0.831. The topological polar surface area (TPSA) is 75.3 Å². The maximum Gasteiger partial charge on any atom is 0.198 e. The molecule has 0 unspecified atom stereocenters. The minimum Gasteiger partial charge on any atom is -0.376 e. The first-order valence-corrected chi connectivity index (χ1v) is 6.34. The lowest BCUT2D eigenvalue weighted by Crippen LogP contribution is -2.44. The Morgan fingerprint density at radius 2 is 2.39 bits per heavy atom. The molecule has 0 atom stereocenters. The van der Waals surface area contributed by atoms with Crippen molar-refractivity contribution in [3.63, 3.8) is 0 Å². The SMILES string of the molecule is Cc1cccnc1CN=C(NC(N)=S)NC1CC1. The molecular weight excluding hydrogens is 246 g/mol. The summed E-state index contributed by atoms with van der Waals surface area (Å²) in [5.74, 6) is 0.634. The Morgan fingerprint density at radius 3 is 3.00 bits per heavy atom. The van der Waals surface area contributed by atoms with Crippen LogP contribution < -0.4 is 16.4 Å². The maximum atomic E-state index is 5.47. The molecule has 1 aliphatic rings. The molecule has 1 aromatic rings. The van der Waals surface area contributed by atoms with Gasteiger partial charge in [0, 0.05) is 12.2 Å². The number of aryl methyl sites for hydroxylation is 1. The largest absolute Gasteiger partial charge is 0.376 e. The van der Waals surface area contributed by atoms with Crippen LogP contribution in [-0.2, 0) is 6.54 Å². The van der Waals surface area contributed by atoms with E-state index in [4.69, 9.17) is 18.0 Å². The van der Waals surface area contributed by atoms with Crippen LogP contribution in [0.1, 0.15) is 24.1 Å². The number of hydrogen-bond donors (Lipinski definition) is 3. The molecule has 5 nitrogen and oxygen atoms in total. The summed E-state index contributed by atoms with van der Waals surface area (Å²) in [5, 5.41) is 6.34. The minimum atomic E-state index is 0.222. The highest BCUT2D eigenvalue weighted by Gasteiger charge is 2.22. The fourth-order valence-electron chi connectivity index (χ4n) is 1.50. The molecule has 18 heavy (non-hydrogen) atoms. The van der Waals surface area contributed by atoms with Crippen LogP contribution in [0.5, 0.6) is 0 Å². The lowest BCUT2D eigenvalue weighted by atomic mass is 10.2. The molecule has 0 aliphatic heterocycles. The smallest absolute Gasteiger partial charge is 0.198 e. The van der Waals surface area contributed by atoms with Gasteiger partial charge in [-0.2, -0.15) is 0 Å². The van der Waals surface area contributed by atoms with Gasteiger partial charge in [0.1, 0.15) is 0 Å². The van der Waals surface area contributed by atoms with Gasteiger partial charge in [-0.3, -0.25) is 4.98 Å². The van der Waals surface area contributed by atoms with Gasteiger partial charge in [0.2, 0.25) is 0 Å². The fourth-order valence-corrected chi connectivity index (χ4v) is 1.59. The van der Waals surface area contributed by atoms with Gasteiger partial charge in [-0.25, -0.2) is 4.99 Å². The van der Waals surface area contributed by atoms with Gasteiger partial charge in [-0.05, 0) is 43.6 Å². The monoisotopic (exact) mass is 263 g/mol. The Bertz CT molecular complexity index is 467. The summed E-state index contributed by atoms with van der Waals surface area (Å²) >= 11 is 4.83.